The molecular weight excluding hydrogens is 248 g/mol. The first-order valence-corrected chi connectivity index (χ1v) is 7.42. The minimum Gasteiger partial charge on any atom is -0.349 e. The summed E-state index contributed by atoms with van der Waals surface area (Å²) in [4.78, 5) is 12.3. The van der Waals surface area contributed by atoms with E-state index in [2.05, 4.69) is 51.2 Å². The SMILES string of the molecule is Cc1ccc(C(C)NC(=O)C(CN)CC(C)C)c(C)c1. The summed E-state index contributed by atoms with van der Waals surface area (Å²) in [5, 5.41) is 3.09. The molecule has 0 fully saturated rings. The standard InChI is InChI=1S/C17H28N2O/c1-11(2)8-15(10-18)17(20)19-14(5)16-7-6-12(3)9-13(16)4/h6-7,9,11,14-15H,8,10,18H2,1-5H3,(H,19,20). The van der Waals surface area contributed by atoms with Crippen LogP contribution in [-0.4, -0.2) is 12.5 Å². The minimum atomic E-state index is -0.0943. The Balaban J connectivity index is 2.73. The molecule has 0 radical (unpaired) electrons. The van der Waals surface area contributed by atoms with Crippen molar-refractivity contribution in [2.24, 2.45) is 17.6 Å². The molecule has 3 nitrogen and oxygen atoms in total. The van der Waals surface area contributed by atoms with E-state index in [4.69, 9.17) is 5.73 Å². The maximum Gasteiger partial charge on any atom is 0.224 e. The van der Waals surface area contributed by atoms with Gasteiger partial charge in [-0.3, -0.25) is 4.79 Å². The highest BCUT2D eigenvalue weighted by Gasteiger charge is 2.20. The van der Waals surface area contributed by atoms with E-state index < -0.39 is 0 Å². The summed E-state index contributed by atoms with van der Waals surface area (Å²) >= 11 is 0. The molecule has 0 bridgehead atoms. The van der Waals surface area contributed by atoms with E-state index in [0.29, 0.717) is 12.5 Å². The highest BCUT2D eigenvalue weighted by molar-refractivity contribution is 5.79. The lowest BCUT2D eigenvalue weighted by atomic mass is 9.95. The highest BCUT2D eigenvalue weighted by atomic mass is 16.1. The van der Waals surface area contributed by atoms with Gasteiger partial charge in [0.05, 0.1) is 12.0 Å². The van der Waals surface area contributed by atoms with Crippen LogP contribution >= 0.6 is 0 Å². The van der Waals surface area contributed by atoms with Gasteiger partial charge in [0.25, 0.3) is 0 Å². The summed E-state index contributed by atoms with van der Waals surface area (Å²) in [5.41, 5.74) is 9.35. The molecule has 1 aromatic rings. The molecule has 0 aliphatic carbocycles. The van der Waals surface area contributed by atoms with Gasteiger partial charge in [-0.15, -0.1) is 0 Å². The van der Waals surface area contributed by atoms with E-state index in [0.717, 1.165) is 6.42 Å². The van der Waals surface area contributed by atoms with Gasteiger partial charge in [0.2, 0.25) is 5.91 Å². The van der Waals surface area contributed by atoms with Crippen molar-refractivity contribution in [3.63, 3.8) is 0 Å². The number of carbonyl (C=O) groups excluding carboxylic acids is 1. The molecule has 0 spiro atoms. The van der Waals surface area contributed by atoms with Crippen LogP contribution in [0.2, 0.25) is 0 Å². The van der Waals surface area contributed by atoms with Gasteiger partial charge in [-0.2, -0.15) is 0 Å². The normalized spacial score (nSPS) is 14.2. The molecule has 0 aromatic heterocycles. The Bertz CT molecular complexity index is 454. The predicted molar refractivity (Wildman–Crippen MR) is 84.5 cm³/mol. The van der Waals surface area contributed by atoms with Crippen molar-refractivity contribution in [1.82, 2.24) is 5.32 Å². The van der Waals surface area contributed by atoms with Gasteiger partial charge >= 0.3 is 0 Å². The number of amides is 1. The first-order chi connectivity index (χ1) is 9.35. The second kappa shape index (κ2) is 7.44. The molecular formula is C17H28N2O. The van der Waals surface area contributed by atoms with Crippen molar-refractivity contribution >= 4 is 5.91 Å². The number of hydrogen-bond donors (Lipinski definition) is 2. The third-order valence-corrected chi connectivity index (χ3v) is 3.66. The van der Waals surface area contributed by atoms with E-state index in [-0.39, 0.29) is 17.9 Å². The number of nitrogens with one attached hydrogen (secondary N) is 1. The molecule has 1 aromatic carbocycles. The molecule has 2 unspecified atom stereocenters. The van der Waals surface area contributed by atoms with Crippen LogP contribution in [0.4, 0.5) is 0 Å². The molecule has 3 N–H and O–H groups in total. The van der Waals surface area contributed by atoms with Crippen molar-refractivity contribution in [3.05, 3.63) is 34.9 Å². The van der Waals surface area contributed by atoms with Gasteiger partial charge in [0.1, 0.15) is 0 Å². The Morgan fingerprint density at radius 3 is 2.40 bits per heavy atom. The number of carbonyl (C=O) groups is 1. The summed E-state index contributed by atoms with van der Waals surface area (Å²) in [6.07, 6.45) is 0.835. The molecule has 0 aliphatic heterocycles. The Hall–Kier alpha value is -1.35. The van der Waals surface area contributed by atoms with Crippen LogP contribution in [0.3, 0.4) is 0 Å². The lowest BCUT2D eigenvalue weighted by Gasteiger charge is -2.22. The van der Waals surface area contributed by atoms with E-state index >= 15 is 0 Å². The first kappa shape index (κ1) is 16.7. The molecule has 3 heteroatoms. The zero-order valence-electron chi connectivity index (χ0n) is 13.4. The molecule has 0 aliphatic rings. The van der Waals surface area contributed by atoms with E-state index in [1.807, 2.05) is 6.92 Å². The fourth-order valence-electron chi connectivity index (χ4n) is 2.60. The summed E-state index contributed by atoms with van der Waals surface area (Å²) in [6.45, 7) is 10.8. The average Bonchev–Trinajstić information content (AvgIpc) is 2.35. The largest absolute Gasteiger partial charge is 0.349 e. The third-order valence-electron chi connectivity index (χ3n) is 3.66. The number of aryl methyl sites for hydroxylation is 2. The topological polar surface area (TPSA) is 55.1 Å². The molecule has 1 rings (SSSR count). The second-order valence-corrected chi connectivity index (χ2v) is 6.15. The van der Waals surface area contributed by atoms with Crippen molar-refractivity contribution < 1.29 is 4.79 Å². The summed E-state index contributed by atoms with van der Waals surface area (Å²) < 4.78 is 0. The van der Waals surface area contributed by atoms with Crippen LogP contribution in [0.5, 0.6) is 0 Å². The second-order valence-electron chi connectivity index (χ2n) is 6.15. The highest BCUT2D eigenvalue weighted by Crippen LogP contribution is 2.20. The zero-order chi connectivity index (χ0) is 15.3. The predicted octanol–water partition coefficient (Wildman–Crippen LogP) is 3.10. The maximum absolute atomic E-state index is 12.3. The van der Waals surface area contributed by atoms with Crippen LogP contribution in [0.15, 0.2) is 18.2 Å². The van der Waals surface area contributed by atoms with Gasteiger partial charge in [0, 0.05) is 6.54 Å². The average molecular weight is 276 g/mol. The first-order valence-electron chi connectivity index (χ1n) is 7.42. The molecule has 1 amide bonds. The molecule has 0 heterocycles. The summed E-state index contributed by atoms with van der Waals surface area (Å²) in [7, 11) is 0. The summed E-state index contributed by atoms with van der Waals surface area (Å²) in [5.74, 6) is 0.447. The van der Waals surface area contributed by atoms with Crippen LogP contribution in [0.25, 0.3) is 0 Å². The number of benzene rings is 1. The van der Waals surface area contributed by atoms with Gasteiger partial charge in [-0.1, -0.05) is 37.6 Å². The quantitative estimate of drug-likeness (QED) is 0.839. The van der Waals surface area contributed by atoms with Gasteiger partial charge in [0.15, 0.2) is 0 Å². The third kappa shape index (κ3) is 4.64. The fourth-order valence-corrected chi connectivity index (χ4v) is 2.60. The van der Waals surface area contributed by atoms with E-state index in [1.165, 1.54) is 16.7 Å². The molecule has 20 heavy (non-hydrogen) atoms. The zero-order valence-corrected chi connectivity index (χ0v) is 13.4. The Morgan fingerprint density at radius 1 is 1.25 bits per heavy atom. The monoisotopic (exact) mass is 276 g/mol. The van der Waals surface area contributed by atoms with Crippen molar-refractivity contribution in [2.75, 3.05) is 6.54 Å². The summed E-state index contributed by atoms with van der Waals surface area (Å²) in [6, 6.07) is 6.34. The van der Waals surface area contributed by atoms with Crippen LogP contribution in [0.1, 0.15) is 49.9 Å². The van der Waals surface area contributed by atoms with Crippen LogP contribution in [0, 0.1) is 25.7 Å². The number of nitrogens with two attached hydrogens (primary N) is 1. The van der Waals surface area contributed by atoms with Crippen molar-refractivity contribution in [1.29, 1.82) is 0 Å². The Morgan fingerprint density at radius 2 is 1.90 bits per heavy atom. The minimum absolute atomic E-state index is 0.0179. The van der Waals surface area contributed by atoms with Crippen LogP contribution < -0.4 is 11.1 Å². The Kier molecular flexibility index (Phi) is 6.21. The Labute approximate surface area is 122 Å². The molecule has 0 saturated heterocycles. The molecule has 2 atom stereocenters. The molecule has 0 saturated carbocycles. The molecule has 112 valence electrons. The van der Waals surface area contributed by atoms with E-state index in [1.54, 1.807) is 0 Å². The van der Waals surface area contributed by atoms with Crippen LogP contribution in [-0.2, 0) is 4.79 Å². The van der Waals surface area contributed by atoms with Crippen molar-refractivity contribution in [2.45, 2.75) is 47.1 Å². The maximum atomic E-state index is 12.3. The number of hydrogen-bond acceptors (Lipinski definition) is 2. The fraction of sp³-hybridized carbons (Fsp3) is 0.588. The van der Waals surface area contributed by atoms with Crippen molar-refractivity contribution in [3.8, 4) is 0 Å². The van der Waals surface area contributed by atoms with Gasteiger partial charge < -0.3 is 11.1 Å². The van der Waals surface area contributed by atoms with E-state index in [9.17, 15) is 4.79 Å². The lowest BCUT2D eigenvalue weighted by molar-refractivity contribution is -0.125. The van der Waals surface area contributed by atoms with Gasteiger partial charge in [-0.25, -0.2) is 0 Å². The smallest absolute Gasteiger partial charge is 0.224 e. The lowest BCUT2D eigenvalue weighted by Crippen LogP contribution is -2.37. The number of rotatable bonds is 6. The van der Waals surface area contributed by atoms with Gasteiger partial charge in [-0.05, 0) is 44.2 Å².